The summed E-state index contributed by atoms with van der Waals surface area (Å²) >= 11 is 10.5. The van der Waals surface area contributed by atoms with Gasteiger partial charge in [0.25, 0.3) is 0 Å². The van der Waals surface area contributed by atoms with E-state index in [1.807, 2.05) is 61.6 Å². The molecule has 7 nitrogen and oxygen atoms in total. The summed E-state index contributed by atoms with van der Waals surface area (Å²) in [6.45, 7) is 11.9. The maximum atomic E-state index is 6.12. The van der Waals surface area contributed by atoms with Gasteiger partial charge in [0.15, 0.2) is 0 Å². The van der Waals surface area contributed by atoms with Crippen molar-refractivity contribution in [2.45, 2.75) is 47.5 Å². The van der Waals surface area contributed by atoms with Gasteiger partial charge in [-0.15, -0.1) is 0 Å². The van der Waals surface area contributed by atoms with Crippen LogP contribution in [-0.2, 0) is 12.8 Å². The molecule has 11 heteroatoms. The van der Waals surface area contributed by atoms with Crippen molar-refractivity contribution >= 4 is 132 Å². The molecule has 68 heavy (non-hydrogen) atoms. The van der Waals surface area contributed by atoms with E-state index in [2.05, 4.69) is 210 Å². The van der Waals surface area contributed by atoms with Gasteiger partial charge < -0.3 is 11.1 Å². The van der Waals surface area contributed by atoms with Crippen molar-refractivity contribution in [3.63, 3.8) is 0 Å². The summed E-state index contributed by atoms with van der Waals surface area (Å²) in [6, 6.07) is 54.2. The van der Waals surface area contributed by atoms with Crippen LogP contribution >= 0.6 is 65.5 Å². The van der Waals surface area contributed by atoms with Crippen molar-refractivity contribution in [1.29, 1.82) is 0 Å². The zero-order valence-corrected chi connectivity index (χ0v) is 46.3. The molecule has 0 saturated carbocycles. The van der Waals surface area contributed by atoms with Crippen LogP contribution in [0.2, 0.25) is 0 Å². The summed E-state index contributed by atoms with van der Waals surface area (Å²) < 4.78 is 4.91. The predicted octanol–water partition coefficient (Wildman–Crippen LogP) is 15.9. The molecule has 0 amide bonds. The van der Waals surface area contributed by atoms with E-state index < -0.39 is 0 Å². The second-order valence-corrected chi connectivity index (χ2v) is 18.7. The first-order valence-corrected chi connectivity index (χ1v) is 27.6. The fraction of sp³-hybridized carbons (Fsp3) is 0.158. The second kappa shape index (κ2) is 24.2. The minimum absolute atomic E-state index is 0.527. The van der Waals surface area contributed by atoms with E-state index in [0.717, 1.165) is 78.2 Å². The van der Waals surface area contributed by atoms with Crippen LogP contribution < -0.4 is 11.1 Å². The Labute approximate surface area is 446 Å². The summed E-state index contributed by atoms with van der Waals surface area (Å²) in [5, 5.41) is 7.23. The Hall–Kier alpha value is -4.77. The van der Waals surface area contributed by atoms with E-state index in [1.165, 1.54) is 53.4 Å². The van der Waals surface area contributed by atoms with Crippen molar-refractivity contribution in [2.24, 2.45) is 0 Å². The van der Waals surface area contributed by atoms with Crippen LogP contribution in [0.3, 0.4) is 0 Å². The van der Waals surface area contributed by atoms with Gasteiger partial charge in [-0.25, -0.2) is 19.9 Å². The Morgan fingerprint density at radius 1 is 0.500 bits per heavy atom. The van der Waals surface area contributed by atoms with Gasteiger partial charge in [0.2, 0.25) is 0 Å². The molecule has 11 aromatic rings. The fourth-order valence-corrected chi connectivity index (χ4v) is 9.28. The standard InChI is InChI=1S/C26H19N3.C20H17N3.C6H4I2.C5H13N.Cu.HI/c1-16-8-7-9-17(2)24(16)21-15-14-19-25(27-21)18-10-3-5-12-22(18)29-23-13-6-4-11-20(23)28-26(19)29;1-12-6-5-7-13(2)18(12)17-11-10-15-19(22-17)14-8-3-4-9-16(14)23-20(15)21;7-5-3-1-2-4-6(5)8;1-3-4-5-6-2;;/h3-15H,1-2H3;3-11H,1-2H3,(H2,21,23);1-4H;6H,3-5H2,1-2H3;;1H/q;;;;+1;/p-1. The average Bonchev–Trinajstić information content (AvgIpc) is 3.76. The molecule has 3 N–H and O–H groups in total. The number of nitrogens with two attached hydrogens (primary N) is 1. The van der Waals surface area contributed by atoms with Crippen LogP contribution in [0.15, 0.2) is 158 Å². The molecule has 0 aliphatic heterocycles. The van der Waals surface area contributed by atoms with Crippen molar-refractivity contribution in [3.05, 3.63) is 187 Å². The number of rotatable bonds is 5. The fourth-order valence-electron chi connectivity index (χ4n) is 8.51. The number of para-hydroxylation sites is 4. The van der Waals surface area contributed by atoms with Crippen molar-refractivity contribution in [3.8, 4) is 22.5 Å². The SMILES string of the molecule is CCCCNC.Cc1cccc(C)c1-c1ccc2c(N)nc3ccccc3c2n1.Cc1cccc(C)c1-c1ccc2c(n1)c1ccccc1n1c3ccccc3nc21.Ic1ccccc1I.[Cu][I]. The Bertz CT molecular complexity index is 3450. The van der Waals surface area contributed by atoms with Crippen LogP contribution in [0.1, 0.15) is 42.0 Å². The van der Waals surface area contributed by atoms with Crippen LogP contribution in [0.4, 0.5) is 5.82 Å². The molecule has 6 aromatic carbocycles. The molecular weight excluding hydrogens is 1230 g/mol. The molecule has 0 saturated heterocycles. The molecule has 0 aliphatic rings. The maximum absolute atomic E-state index is 6.12. The number of aryl methyl sites for hydroxylation is 4. The average molecular weight is 1280 g/mol. The summed E-state index contributed by atoms with van der Waals surface area (Å²) in [7, 11) is 1.98. The van der Waals surface area contributed by atoms with E-state index in [-0.39, 0.29) is 0 Å². The van der Waals surface area contributed by atoms with Gasteiger partial charge in [-0.3, -0.25) is 4.40 Å². The number of nitrogens with zero attached hydrogens (tertiary/aromatic N) is 5. The Morgan fingerprint density at radius 2 is 0.971 bits per heavy atom. The van der Waals surface area contributed by atoms with Crippen molar-refractivity contribution in [1.82, 2.24) is 29.7 Å². The molecule has 0 fully saturated rings. The summed E-state index contributed by atoms with van der Waals surface area (Å²) in [4.78, 5) is 19.5. The van der Waals surface area contributed by atoms with Crippen molar-refractivity contribution in [2.75, 3.05) is 19.3 Å². The molecule has 0 spiro atoms. The first kappa shape index (κ1) is 51.1. The molecule has 0 radical (unpaired) electrons. The van der Waals surface area contributed by atoms with Gasteiger partial charge in [0.05, 0.1) is 44.5 Å². The van der Waals surface area contributed by atoms with E-state index >= 15 is 0 Å². The van der Waals surface area contributed by atoms with E-state index in [4.69, 9.17) is 20.7 Å². The number of pyridine rings is 4. The molecule has 11 rings (SSSR count). The monoisotopic (exact) mass is 1280 g/mol. The third-order valence-corrected chi connectivity index (χ3v) is 14.7. The number of aromatic nitrogens is 5. The molecule has 5 aromatic heterocycles. The number of hydrogen-bond donors (Lipinski definition) is 2. The number of nitrogens with one attached hydrogen (secondary N) is 1. The zero-order valence-electron chi connectivity index (χ0n) is 38.9. The zero-order chi connectivity index (χ0) is 48.3. The van der Waals surface area contributed by atoms with Crippen LogP contribution in [0, 0.1) is 34.8 Å². The minimum atomic E-state index is 0.527. The quantitative estimate of drug-likeness (QED) is 0.0772. The van der Waals surface area contributed by atoms with Gasteiger partial charge in [-0.2, -0.15) is 0 Å². The predicted molar refractivity (Wildman–Crippen MR) is 312 cm³/mol. The first-order chi connectivity index (χ1) is 33.1. The van der Waals surface area contributed by atoms with Crippen LogP contribution in [0.5, 0.6) is 0 Å². The topological polar surface area (TPSA) is 94.0 Å². The van der Waals surface area contributed by atoms with Gasteiger partial charge in [0, 0.05) is 39.8 Å². The van der Waals surface area contributed by atoms with Gasteiger partial charge >= 0.3 is 33.1 Å². The number of unbranched alkanes of at least 4 members (excludes halogenated alkanes) is 1. The van der Waals surface area contributed by atoms with Crippen molar-refractivity contribution < 1.29 is 12.8 Å². The molecule has 0 aliphatic carbocycles. The second-order valence-electron chi connectivity index (χ2n) is 16.4. The number of hydrogen-bond acceptors (Lipinski definition) is 6. The number of benzene rings is 6. The van der Waals surface area contributed by atoms with Gasteiger partial charge in [0.1, 0.15) is 11.5 Å². The van der Waals surface area contributed by atoms with Crippen LogP contribution in [0.25, 0.3) is 82.8 Å². The number of imidazole rings is 1. The summed E-state index contributed by atoms with van der Waals surface area (Å²) in [6.07, 6.45) is 2.59. The van der Waals surface area contributed by atoms with Crippen LogP contribution in [-0.4, -0.2) is 37.9 Å². The molecule has 348 valence electrons. The normalized spacial score (nSPS) is 10.8. The van der Waals surface area contributed by atoms with Gasteiger partial charge in [-0.1, -0.05) is 110 Å². The summed E-state index contributed by atoms with van der Waals surface area (Å²) in [5.74, 6) is 0.527. The Balaban J connectivity index is 0.000000155. The van der Waals surface area contributed by atoms with E-state index in [0.29, 0.717) is 5.82 Å². The molecule has 0 atom stereocenters. The first-order valence-electron chi connectivity index (χ1n) is 22.4. The Kier molecular flexibility index (Phi) is 18.2. The third-order valence-electron chi connectivity index (χ3n) is 11.7. The summed E-state index contributed by atoms with van der Waals surface area (Å²) in [5.41, 5.74) is 22.5. The van der Waals surface area contributed by atoms with Gasteiger partial charge in [-0.05, 0) is 176 Å². The number of fused-ring (bicyclic) bond motifs is 11. The molecule has 5 heterocycles. The number of nitrogen functional groups attached to an aromatic ring is 1. The molecule has 0 unspecified atom stereocenters. The van der Waals surface area contributed by atoms with E-state index in [1.54, 1.807) is 20.3 Å². The van der Waals surface area contributed by atoms with E-state index in [9.17, 15) is 0 Å². The molecule has 0 bridgehead atoms. The number of halogens is 3. The molecular formula is C57H53CuI3N7. The number of anilines is 1. The Morgan fingerprint density at radius 3 is 1.50 bits per heavy atom. The third kappa shape index (κ3) is 11.3.